The Morgan fingerprint density at radius 1 is 1.08 bits per heavy atom. The molecule has 0 fully saturated rings. The number of benzene rings is 3. The van der Waals surface area contributed by atoms with Gasteiger partial charge in [-0.25, -0.2) is 14.1 Å². The van der Waals surface area contributed by atoms with E-state index >= 15 is 4.39 Å². The second kappa shape index (κ2) is 14.0. The molecule has 1 aliphatic heterocycles. The third-order valence-electron chi connectivity index (χ3n) is 10.2. The molecule has 1 aliphatic rings. The summed E-state index contributed by atoms with van der Waals surface area (Å²) >= 11 is 0. The number of ether oxygens (including phenoxy) is 3. The van der Waals surface area contributed by atoms with Crippen LogP contribution in [0.1, 0.15) is 75.5 Å². The molecule has 6 bridgehead atoms. The smallest absolute Gasteiger partial charge is 0.308 e. The minimum Gasteiger partial charge on any atom is -0.466 e. The van der Waals surface area contributed by atoms with E-state index in [2.05, 4.69) is 46.6 Å². The van der Waals surface area contributed by atoms with Crippen LogP contribution >= 0.6 is 0 Å². The molecule has 6 aromatic rings. The lowest BCUT2D eigenvalue weighted by Gasteiger charge is -2.30. The van der Waals surface area contributed by atoms with E-state index in [0.717, 1.165) is 46.4 Å². The molecule has 2 atom stereocenters. The zero-order valence-corrected chi connectivity index (χ0v) is 30.6. The van der Waals surface area contributed by atoms with Crippen molar-refractivity contribution in [3.05, 3.63) is 113 Å². The third-order valence-corrected chi connectivity index (χ3v) is 10.2. The van der Waals surface area contributed by atoms with Crippen LogP contribution in [-0.2, 0) is 45.3 Å². The Balaban J connectivity index is 1.32. The van der Waals surface area contributed by atoms with Crippen molar-refractivity contribution in [3.8, 4) is 22.9 Å². The number of hydrogen-bond acceptors (Lipinski definition) is 7. The molecule has 0 aliphatic carbocycles. The average molecular weight is 705 g/mol. The van der Waals surface area contributed by atoms with Gasteiger partial charge in [0.25, 0.3) is 0 Å². The zero-order valence-electron chi connectivity index (χ0n) is 30.6. The normalized spacial score (nSPS) is 18.1. The second-order valence-electron chi connectivity index (χ2n) is 14.4. The van der Waals surface area contributed by atoms with Crippen molar-refractivity contribution in [1.82, 2.24) is 29.5 Å². The Morgan fingerprint density at radius 2 is 1.90 bits per heavy atom. The van der Waals surface area contributed by atoms with Crippen molar-refractivity contribution in [2.24, 2.45) is 13.0 Å². The molecular weight excluding hydrogens is 659 g/mol. The lowest BCUT2D eigenvalue weighted by molar-refractivity contribution is -0.147. The van der Waals surface area contributed by atoms with E-state index in [1.807, 2.05) is 81.9 Å². The van der Waals surface area contributed by atoms with Gasteiger partial charge >= 0.3 is 5.97 Å². The van der Waals surface area contributed by atoms with Gasteiger partial charge in [0, 0.05) is 59.6 Å². The van der Waals surface area contributed by atoms with Gasteiger partial charge in [0.2, 0.25) is 0 Å². The highest BCUT2D eigenvalue weighted by Gasteiger charge is 2.34. The van der Waals surface area contributed by atoms with E-state index in [1.165, 1.54) is 6.07 Å². The molecule has 0 spiro atoms. The van der Waals surface area contributed by atoms with E-state index in [4.69, 9.17) is 19.2 Å². The molecule has 7 rings (SSSR count). The van der Waals surface area contributed by atoms with Crippen molar-refractivity contribution in [2.45, 2.75) is 71.4 Å². The molecule has 3 aromatic carbocycles. The summed E-state index contributed by atoms with van der Waals surface area (Å²) in [6, 6.07) is 19.4. The van der Waals surface area contributed by atoms with E-state index in [-0.39, 0.29) is 24.2 Å². The molecule has 1 N–H and O–H groups in total. The quantitative estimate of drug-likeness (QED) is 0.180. The SMILES string of the molecule is CCOC(=O)C(C)Cc1cccc(C2(C)CCCOC(C)(C)c3cn(nn3)Cc3c(c(F)cc4[nH]ccc34)Oc3cccc(c3)-c3nc2cn3C)c1. The lowest BCUT2D eigenvalue weighted by Crippen LogP contribution is -2.27. The monoisotopic (exact) mass is 704 g/mol. The number of aryl methyl sites for hydroxylation is 1. The van der Waals surface area contributed by atoms with Gasteiger partial charge in [-0.15, -0.1) is 5.10 Å². The maximum atomic E-state index is 15.9. The number of carbonyl (C=O) groups excluding carboxylic acids is 1. The molecule has 52 heavy (non-hydrogen) atoms. The number of imidazole rings is 1. The van der Waals surface area contributed by atoms with Crippen molar-refractivity contribution in [1.29, 1.82) is 0 Å². The number of hydrogen-bond donors (Lipinski definition) is 1. The van der Waals surface area contributed by atoms with Gasteiger partial charge in [-0.1, -0.05) is 48.5 Å². The van der Waals surface area contributed by atoms with Crippen LogP contribution in [0.3, 0.4) is 0 Å². The molecule has 0 radical (unpaired) electrons. The van der Waals surface area contributed by atoms with Gasteiger partial charge in [-0.05, 0) is 76.3 Å². The number of nitrogens with zero attached hydrogens (tertiary/aromatic N) is 5. The highest BCUT2D eigenvalue weighted by molar-refractivity contribution is 5.85. The summed E-state index contributed by atoms with van der Waals surface area (Å²) in [5.74, 6) is 0.409. The van der Waals surface area contributed by atoms with Crippen LogP contribution in [0.4, 0.5) is 4.39 Å². The number of rotatable bonds is 5. The van der Waals surface area contributed by atoms with E-state index < -0.39 is 16.8 Å². The van der Waals surface area contributed by atoms with Gasteiger partial charge < -0.3 is 23.8 Å². The number of carbonyl (C=O) groups is 1. The summed E-state index contributed by atoms with van der Waals surface area (Å²) in [4.78, 5) is 20.9. The van der Waals surface area contributed by atoms with E-state index in [1.54, 1.807) is 10.9 Å². The highest BCUT2D eigenvalue weighted by Crippen LogP contribution is 2.40. The summed E-state index contributed by atoms with van der Waals surface area (Å²) in [5.41, 5.74) is 4.63. The van der Waals surface area contributed by atoms with Crippen LogP contribution in [0, 0.1) is 11.7 Å². The van der Waals surface area contributed by atoms with Crippen LogP contribution < -0.4 is 4.74 Å². The molecule has 0 saturated heterocycles. The molecule has 2 unspecified atom stereocenters. The fourth-order valence-electron chi connectivity index (χ4n) is 7.13. The minimum atomic E-state index is -0.733. The number of aromatic nitrogens is 6. The van der Waals surface area contributed by atoms with Crippen molar-refractivity contribution in [2.75, 3.05) is 13.2 Å². The largest absolute Gasteiger partial charge is 0.466 e. The van der Waals surface area contributed by atoms with Crippen LogP contribution in [0.5, 0.6) is 11.5 Å². The Hall–Kier alpha value is -5.29. The fourth-order valence-corrected chi connectivity index (χ4v) is 7.13. The Kier molecular flexibility index (Phi) is 9.48. The van der Waals surface area contributed by atoms with Crippen LogP contribution in [0.25, 0.3) is 22.3 Å². The van der Waals surface area contributed by atoms with Crippen molar-refractivity contribution in [3.63, 3.8) is 0 Å². The summed E-state index contributed by atoms with van der Waals surface area (Å²) < 4.78 is 37.8. The minimum absolute atomic E-state index is 0.125. The molecule has 11 heteroatoms. The number of aromatic amines is 1. The van der Waals surface area contributed by atoms with Gasteiger partial charge in [-0.2, -0.15) is 0 Å². The second-order valence-corrected chi connectivity index (χ2v) is 14.4. The molecule has 10 nitrogen and oxygen atoms in total. The first-order valence-corrected chi connectivity index (χ1v) is 17.9. The van der Waals surface area contributed by atoms with E-state index in [9.17, 15) is 4.79 Å². The molecular formula is C41H45FN6O4. The number of esters is 1. The van der Waals surface area contributed by atoms with Crippen molar-refractivity contribution < 1.29 is 23.4 Å². The first-order valence-electron chi connectivity index (χ1n) is 17.9. The van der Waals surface area contributed by atoms with Gasteiger partial charge in [0.1, 0.15) is 22.9 Å². The topological polar surface area (TPSA) is 109 Å². The van der Waals surface area contributed by atoms with E-state index in [0.29, 0.717) is 42.2 Å². The number of halogens is 1. The predicted molar refractivity (Wildman–Crippen MR) is 197 cm³/mol. The maximum Gasteiger partial charge on any atom is 0.308 e. The standard InChI is InChI=1S/C41H45FN6O4/c1-7-50-39(49)26(2)19-27-11-8-13-29(20-27)41(5)16-10-18-51-40(3,4)35-25-48(46-45-35)23-32-31-15-17-43-34(31)22-33(42)37(32)52-30-14-9-12-28(21-30)38-44-36(41)24-47(38)6/h8-9,11-15,17,20-22,24-26,43H,7,10,16,18-19,23H2,1-6H3. The molecule has 0 saturated carbocycles. The van der Waals surface area contributed by atoms with Crippen LogP contribution in [0.15, 0.2) is 79.3 Å². The third kappa shape index (κ3) is 6.85. The maximum absolute atomic E-state index is 15.9. The number of H-pyrrole nitrogens is 1. The van der Waals surface area contributed by atoms with Crippen LogP contribution in [-0.4, -0.2) is 48.7 Å². The zero-order chi connectivity index (χ0) is 36.6. The number of fused-ring (bicyclic) bond motifs is 10. The summed E-state index contributed by atoms with van der Waals surface area (Å²) in [6.45, 7) is 11.0. The average Bonchev–Trinajstić information content (AvgIpc) is 3.89. The Morgan fingerprint density at radius 3 is 2.73 bits per heavy atom. The first-order chi connectivity index (χ1) is 24.9. The van der Waals surface area contributed by atoms with Crippen molar-refractivity contribution >= 4 is 16.9 Å². The fraction of sp³-hybridized carbons (Fsp3) is 0.366. The van der Waals surface area contributed by atoms with Gasteiger partial charge in [0.15, 0.2) is 11.6 Å². The molecule has 270 valence electrons. The summed E-state index contributed by atoms with van der Waals surface area (Å²) in [6.07, 6.45) is 7.77. The van der Waals surface area contributed by atoms with Crippen LogP contribution in [0.2, 0.25) is 0 Å². The predicted octanol–water partition coefficient (Wildman–Crippen LogP) is 8.23. The van der Waals surface area contributed by atoms with Gasteiger partial charge in [0.05, 0.1) is 31.0 Å². The summed E-state index contributed by atoms with van der Waals surface area (Å²) in [5, 5.41) is 9.73. The summed E-state index contributed by atoms with van der Waals surface area (Å²) in [7, 11) is 1.98. The number of nitrogens with one attached hydrogen (secondary N) is 1. The Labute approximate surface area is 302 Å². The Bertz CT molecular complexity index is 2240. The lowest BCUT2D eigenvalue weighted by atomic mass is 9.75. The molecule has 4 heterocycles. The first kappa shape index (κ1) is 35.1. The molecule has 0 amide bonds. The highest BCUT2D eigenvalue weighted by atomic mass is 19.1. The van der Waals surface area contributed by atoms with Gasteiger partial charge in [-0.3, -0.25) is 4.79 Å². The molecule has 3 aromatic heterocycles.